The van der Waals surface area contributed by atoms with Crippen LogP contribution in [0, 0.1) is 11.6 Å². The summed E-state index contributed by atoms with van der Waals surface area (Å²) in [6.45, 7) is 3.47. The Balaban J connectivity index is 1.62. The van der Waals surface area contributed by atoms with Crippen LogP contribution in [0.5, 0.6) is 0 Å². The molecule has 8 heteroatoms. The number of hydrogen-bond acceptors (Lipinski definition) is 3. The summed E-state index contributed by atoms with van der Waals surface area (Å²) in [5, 5.41) is 14.5. The Morgan fingerprint density at radius 2 is 2.04 bits per heavy atom. The van der Waals surface area contributed by atoms with Crippen LogP contribution >= 0.6 is 0 Å². The molecule has 2 heterocycles. The van der Waals surface area contributed by atoms with E-state index in [2.05, 4.69) is 25.8 Å². The minimum Gasteiger partial charge on any atom is -0.357 e. The first-order valence-corrected chi connectivity index (χ1v) is 8.42. The Labute approximate surface area is 150 Å². The maximum atomic E-state index is 13.7. The third-order valence-corrected chi connectivity index (χ3v) is 3.81. The lowest BCUT2D eigenvalue weighted by Crippen LogP contribution is -2.38. The van der Waals surface area contributed by atoms with Crippen LogP contribution < -0.4 is 10.6 Å². The van der Waals surface area contributed by atoms with Crippen molar-refractivity contribution in [2.24, 2.45) is 4.99 Å². The molecule has 0 saturated carbocycles. The van der Waals surface area contributed by atoms with Gasteiger partial charge in [-0.1, -0.05) is 12.1 Å². The van der Waals surface area contributed by atoms with E-state index in [1.807, 2.05) is 35.7 Å². The molecular weight excluding hydrogens is 338 g/mol. The van der Waals surface area contributed by atoms with Crippen molar-refractivity contribution in [2.45, 2.75) is 19.9 Å². The minimum atomic E-state index is -0.574. The van der Waals surface area contributed by atoms with E-state index in [1.165, 1.54) is 12.1 Å². The van der Waals surface area contributed by atoms with Gasteiger partial charge in [-0.15, -0.1) is 10.2 Å². The fourth-order valence-electron chi connectivity index (χ4n) is 2.53. The zero-order chi connectivity index (χ0) is 18.4. The fourth-order valence-corrected chi connectivity index (χ4v) is 2.53. The molecule has 26 heavy (non-hydrogen) atoms. The van der Waals surface area contributed by atoms with E-state index in [0.29, 0.717) is 37.6 Å². The fraction of sp³-hybridized carbons (Fsp3) is 0.278. The van der Waals surface area contributed by atoms with Crippen LogP contribution in [0.2, 0.25) is 0 Å². The Morgan fingerprint density at radius 1 is 1.15 bits per heavy atom. The third kappa shape index (κ3) is 4.33. The summed E-state index contributed by atoms with van der Waals surface area (Å²) in [4.78, 5) is 4.49. The number of halogens is 2. The second-order valence-corrected chi connectivity index (χ2v) is 5.65. The smallest absolute Gasteiger partial charge is 0.191 e. The predicted octanol–water partition coefficient (Wildman–Crippen LogP) is 2.31. The molecule has 2 N–H and O–H groups in total. The number of pyridine rings is 1. The molecule has 0 amide bonds. The Hall–Kier alpha value is -3.03. The summed E-state index contributed by atoms with van der Waals surface area (Å²) in [6, 6.07) is 9.29. The van der Waals surface area contributed by atoms with E-state index in [-0.39, 0.29) is 0 Å². The van der Waals surface area contributed by atoms with Gasteiger partial charge in [0.15, 0.2) is 17.4 Å². The molecule has 3 aromatic rings. The number of nitrogens with one attached hydrogen (secondary N) is 2. The Morgan fingerprint density at radius 3 is 2.85 bits per heavy atom. The van der Waals surface area contributed by atoms with E-state index in [4.69, 9.17) is 0 Å². The summed E-state index contributed by atoms with van der Waals surface area (Å²) in [5.41, 5.74) is 1.22. The standard InChI is InChI=1S/C18H20F2N6/c1-2-21-18(22-9-8-13-6-7-14(19)11-15(13)20)23-12-17-25-24-16-5-3-4-10-26(16)17/h3-7,10-11H,2,8-9,12H2,1H3,(H2,21,22,23). The number of nitrogens with zero attached hydrogens (tertiary/aromatic N) is 4. The predicted molar refractivity (Wildman–Crippen MR) is 95.9 cm³/mol. The molecule has 0 fully saturated rings. The zero-order valence-electron chi connectivity index (χ0n) is 14.4. The number of aromatic nitrogens is 3. The van der Waals surface area contributed by atoms with E-state index in [0.717, 1.165) is 17.5 Å². The summed E-state index contributed by atoms with van der Waals surface area (Å²) in [7, 11) is 0. The van der Waals surface area contributed by atoms with Crippen molar-refractivity contribution >= 4 is 11.6 Å². The van der Waals surface area contributed by atoms with Crippen molar-refractivity contribution in [3.05, 3.63) is 65.6 Å². The average Bonchev–Trinajstić information content (AvgIpc) is 3.05. The summed E-state index contributed by atoms with van der Waals surface area (Å²) in [6.07, 6.45) is 2.31. The van der Waals surface area contributed by atoms with Gasteiger partial charge in [-0.25, -0.2) is 13.8 Å². The van der Waals surface area contributed by atoms with E-state index >= 15 is 0 Å². The molecule has 3 rings (SSSR count). The first kappa shape index (κ1) is 17.8. The summed E-state index contributed by atoms with van der Waals surface area (Å²) >= 11 is 0. The highest BCUT2D eigenvalue weighted by Gasteiger charge is 2.06. The highest BCUT2D eigenvalue weighted by molar-refractivity contribution is 5.79. The zero-order valence-corrected chi connectivity index (χ0v) is 14.4. The molecule has 0 radical (unpaired) electrons. The number of aliphatic imine (C=N–C) groups is 1. The number of rotatable bonds is 6. The Kier molecular flexibility index (Phi) is 5.73. The van der Waals surface area contributed by atoms with Crippen molar-refractivity contribution in [2.75, 3.05) is 13.1 Å². The van der Waals surface area contributed by atoms with Crippen LogP contribution in [0.3, 0.4) is 0 Å². The summed E-state index contributed by atoms with van der Waals surface area (Å²) in [5.74, 6) is 0.211. The molecule has 0 unspecified atom stereocenters. The van der Waals surface area contributed by atoms with Crippen molar-refractivity contribution in [1.82, 2.24) is 25.2 Å². The lowest BCUT2D eigenvalue weighted by Gasteiger charge is -2.11. The average molecular weight is 358 g/mol. The second-order valence-electron chi connectivity index (χ2n) is 5.65. The first-order valence-electron chi connectivity index (χ1n) is 8.42. The van der Waals surface area contributed by atoms with Gasteiger partial charge in [-0.05, 0) is 37.1 Å². The topological polar surface area (TPSA) is 66.6 Å². The molecule has 1 aromatic carbocycles. The lowest BCUT2D eigenvalue weighted by atomic mass is 10.1. The number of guanidine groups is 1. The number of hydrogen-bond donors (Lipinski definition) is 2. The minimum absolute atomic E-state index is 0.353. The maximum Gasteiger partial charge on any atom is 0.191 e. The van der Waals surface area contributed by atoms with Gasteiger partial charge in [0.2, 0.25) is 0 Å². The van der Waals surface area contributed by atoms with Crippen molar-refractivity contribution in [3.8, 4) is 0 Å². The van der Waals surface area contributed by atoms with Gasteiger partial charge in [-0.3, -0.25) is 4.40 Å². The molecule has 6 nitrogen and oxygen atoms in total. The monoisotopic (exact) mass is 358 g/mol. The van der Waals surface area contributed by atoms with Crippen LogP contribution in [-0.4, -0.2) is 33.6 Å². The second kappa shape index (κ2) is 8.37. The maximum absolute atomic E-state index is 13.7. The lowest BCUT2D eigenvalue weighted by molar-refractivity contribution is 0.570. The highest BCUT2D eigenvalue weighted by Crippen LogP contribution is 2.09. The Bertz CT molecular complexity index is 906. The van der Waals surface area contributed by atoms with Crippen LogP contribution in [-0.2, 0) is 13.0 Å². The van der Waals surface area contributed by atoms with Gasteiger partial charge in [-0.2, -0.15) is 0 Å². The normalized spacial score (nSPS) is 11.7. The van der Waals surface area contributed by atoms with Crippen LogP contribution in [0.25, 0.3) is 5.65 Å². The van der Waals surface area contributed by atoms with Crippen molar-refractivity contribution in [1.29, 1.82) is 0 Å². The molecule has 0 bridgehead atoms. The van der Waals surface area contributed by atoms with E-state index in [9.17, 15) is 8.78 Å². The number of fused-ring (bicyclic) bond motifs is 1. The molecule has 0 saturated heterocycles. The first-order chi connectivity index (χ1) is 12.7. The SMILES string of the molecule is CCNC(=NCc1nnc2ccccn12)NCCc1ccc(F)cc1F. The van der Waals surface area contributed by atoms with E-state index in [1.54, 1.807) is 0 Å². The molecular formula is C18H20F2N6. The van der Waals surface area contributed by atoms with Crippen LogP contribution in [0.15, 0.2) is 47.6 Å². The van der Waals surface area contributed by atoms with Gasteiger partial charge < -0.3 is 10.6 Å². The van der Waals surface area contributed by atoms with Crippen LogP contribution in [0.4, 0.5) is 8.78 Å². The molecule has 2 aromatic heterocycles. The molecule has 0 aliphatic heterocycles. The quantitative estimate of drug-likeness (QED) is 0.524. The number of benzene rings is 1. The van der Waals surface area contributed by atoms with Gasteiger partial charge >= 0.3 is 0 Å². The molecule has 136 valence electrons. The van der Waals surface area contributed by atoms with Gasteiger partial charge in [0.05, 0.1) is 0 Å². The van der Waals surface area contributed by atoms with Crippen molar-refractivity contribution in [3.63, 3.8) is 0 Å². The van der Waals surface area contributed by atoms with Crippen LogP contribution in [0.1, 0.15) is 18.3 Å². The largest absolute Gasteiger partial charge is 0.357 e. The molecule has 0 aliphatic rings. The van der Waals surface area contributed by atoms with Crippen molar-refractivity contribution < 1.29 is 8.78 Å². The van der Waals surface area contributed by atoms with Gasteiger partial charge in [0.1, 0.15) is 18.2 Å². The third-order valence-electron chi connectivity index (χ3n) is 3.81. The van der Waals surface area contributed by atoms with E-state index < -0.39 is 11.6 Å². The molecule has 0 spiro atoms. The summed E-state index contributed by atoms with van der Waals surface area (Å²) < 4.78 is 28.5. The van der Waals surface area contributed by atoms with Gasteiger partial charge in [0, 0.05) is 25.4 Å². The molecule has 0 aliphatic carbocycles. The van der Waals surface area contributed by atoms with Gasteiger partial charge in [0.25, 0.3) is 0 Å². The highest BCUT2D eigenvalue weighted by atomic mass is 19.1. The molecule has 0 atom stereocenters.